The quantitative estimate of drug-likeness (QED) is 0.0603. The molecule has 0 unspecified atom stereocenters. The van der Waals surface area contributed by atoms with Gasteiger partial charge in [0.1, 0.15) is 0 Å². The van der Waals surface area contributed by atoms with Crippen LogP contribution in [-0.4, -0.2) is 506 Å². The summed E-state index contributed by atoms with van der Waals surface area (Å²) >= 11 is 0. The smallest absolute Gasteiger partial charge is 0 e. The minimum absolute atomic E-state index is 0. The Balaban J connectivity index is -0.0000000190. The maximum absolute atomic E-state index is 11.1. The zero-order chi connectivity index (χ0) is 93.8. The Labute approximate surface area is 946 Å². The molecule has 0 saturated carbocycles. The maximum Gasteiger partial charge on any atom is 0 e. The number of likely N-dealkylation sites (N-methyl/N-ethyl adjacent to an activating group) is 16. The Morgan fingerprint density at radius 2 is 0.125 bits per heavy atom. The van der Waals surface area contributed by atoms with Gasteiger partial charge in [0.2, 0.25) is 0 Å². The van der Waals surface area contributed by atoms with E-state index in [9.17, 15) is 81.7 Å². The van der Waals surface area contributed by atoms with Crippen molar-refractivity contribution in [1.29, 1.82) is 0 Å². The molecule has 0 aromatic rings. The van der Waals surface area contributed by atoms with E-state index in [0.717, 1.165) is 0 Å². The van der Waals surface area contributed by atoms with Crippen LogP contribution in [0.15, 0.2) is 0 Å². The molecule has 0 aromatic heterocycles. The van der Waals surface area contributed by atoms with Crippen molar-refractivity contribution in [1.82, 2.24) is 78.4 Å². The maximum atomic E-state index is 11.1. The first kappa shape index (κ1) is 270. The molecule has 48 nitrogen and oxygen atoms in total. The van der Waals surface area contributed by atoms with Gasteiger partial charge >= 0.3 is 0 Å². The minimum Gasteiger partial charge on any atom is -2.00 e. The summed E-state index contributed by atoms with van der Waals surface area (Å²) < 4.78 is 0. The molecule has 56 heteroatoms. The summed E-state index contributed by atoms with van der Waals surface area (Å²) in [5, 5.41) is 165. The monoisotopic (exact) mass is 3360 g/mol. The van der Waals surface area contributed by atoms with Gasteiger partial charge in [-0.3, -0.25) is 0 Å². The van der Waals surface area contributed by atoms with Gasteiger partial charge in [0.25, 0.3) is 0 Å². The van der Waals surface area contributed by atoms with E-state index in [4.69, 9.17) is 0 Å². The van der Waals surface area contributed by atoms with Crippen LogP contribution in [0, 0.1) is 0 Å². The fraction of sp³-hybridized carbons (Fsp3) is 1.00. The third-order valence-electron chi connectivity index (χ3n) is 9.10. The fourth-order valence-corrected chi connectivity index (χ4v) is 6.98. The molecule has 880 valence electrons. The van der Waals surface area contributed by atoms with Crippen LogP contribution in [-0.2, 0) is 256 Å². The Morgan fingerprint density at radius 3 is 0.140 bits per heavy atom. The zero-order valence-corrected chi connectivity index (χ0v) is 116. The van der Waals surface area contributed by atoms with Crippen molar-refractivity contribution in [2.24, 2.45) is 0 Å². The van der Waals surface area contributed by atoms with Gasteiger partial charge in [-0.2, -0.15) is 0 Å². The number of hydrogen-bond donors (Lipinski definition) is 0. The van der Waals surface area contributed by atoms with E-state index in [0.29, 0.717) is 105 Å². The van der Waals surface area contributed by atoms with Crippen molar-refractivity contribution in [3.8, 4) is 0 Å². The van der Waals surface area contributed by atoms with Crippen molar-refractivity contribution in [3.05, 3.63) is 0 Å². The molecular formula is C80H192N16O32W8-48. The molecule has 0 aromatic carbocycles. The Bertz CT molecular complexity index is 1250. The molecular weight excluding hydrogens is 3170 g/mol. The molecule has 0 saturated heterocycles. The van der Waals surface area contributed by atoms with Crippen LogP contribution in [0.4, 0.5) is 0 Å². The molecule has 0 heterocycles. The van der Waals surface area contributed by atoms with Crippen molar-refractivity contribution in [3.63, 3.8) is 0 Å². The molecule has 0 bridgehead atoms. The molecule has 0 N–H and O–H groups in total. The van der Waals surface area contributed by atoms with Gasteiger partial charge in [0.05, 0.1) is 0 Å². The Morgan fingerprint density at radius 1 is 0.103 bits per heavy atom. The second-order valence-corrected chi connectivity index (χ2v) is 33.6. The third kappa shape index (κ3) is 562. The molecule has 136 heavy (non-hydrogen) atoms. The van der Waals surface area contributed by atoms with Crippen LogP contribution >= 0.6 is 0 Å². The predicted molar refractivity (Wildman–Crippen MR) is 459 cm³/mol. The molecule has 0 amide bonds. The van der Waals surface area contributed by atoms with Gasteiger partial charge in [-0.05, 0) is 330 Å². The van der Waals surface area contributed by atoms with Gasteiger partial charge in [-0.15, -0.1) is 97.7 Å². The number of rotatable bonds is 32. The molecule has 0 atom stereocenters. The second kappa shape index (κ2) is 196. The third-order valence-corrected chi connectivity index (χ3v) is 9.10. The van der Waals surface area contributed by atoms with Gasteiger partial charge in [0.15, 0.2) is 0 Å². The Hall–Kier alpha value is 3.59. The van der Waals surface area contributed by atoms with E-state index in [1.54, 1.807) is 111 Å². The van der Waals surface area contributed by atoms with E-state index in [1.807, 2.05) is 304 Å². The molecule has 0 rings (SSSR count). The van der Waals surface area contributed by atoms with Crippen LogP contribution in [0.1, 0.15) is 111 Å². The summed E-state index contributed by atoms with van der Waals surface area (Å²) in [7, 11) is 61.4. The molecule has 0 radical (unpaired) electrons. The van der Waals surface area contributed by atoms with Crippen LogP contribution in [0.25, 0.3) is 0 Å². The first-order chi connectivity index (χ1) is 50.0. The average Bonchev–Trinajstić information content (AvgIpc) is 1.06. The van der Waals surface area contributed by atoms with E-state index in [-0.39, 0.29) is 256 Å². The van der Waals surface area contributed by atoms with E-state index in [1.165, 1.54) is 0 Å². The van der Waals surface area contributed by atoms with Gasteiger partial charge in [0, 0.05) is 169 Å². The normalized spacial score (nSPS) is 9.18. The molecule has 0 spiro atoms. The molecule has 0 aliphatic rings. The van der Waals surface area contributed by atoms with Gasteiger partial charge < -0.3 is 248 Å². The van der Waals surface area contributed by atoms with Crippen molar-refractivity contribution < 1.29 is 338 Å². The van der Waals surface area contributed by atoms with Crippen LogP contribution in [0.2, 0.25) is 0 Å². The SMILES string of the molecule is CC(C)[O-].CC(C)[O-].CC(C)[O-].CC(C)[O-].CC(C)[O-].CC(C)[O-].CC(C)[O-].CC(C)[O-].CN(C)CC([O-])CN(C)C.CN(C)CC([O-])CN(C)C.CN(C)CC([O-])CN(C)C.CN(C)CC([O-])CN(C)C.CN(C)CC([O-])CN(C)C.CN(C)CC([O-])CN(C)C.CN(C)CC([O-])CN(C)C.CN(C)CC([O-])CN(C)C.[O-2].[O-2].[O-2].[O-2].[O-2].[O-2].[O-2].[O-2].[O-2].[O-2].[O-2].[O-2].[O-2].[O-2].[O-2].[O-2].[W].[W].[W].[W].[W].[W].[W].[W]. The van der Waals surface area contributed by atoms with E-state index < -0.39 is 97.7 Å². The summed E-state index contributed by atoms with van der Waals surface area (Å²) in [6, 6.07) is 0. The van der Waals surface area contributed by atoms with Crippen molar-refractivity contribution in [2.45, 2.75) is 208 Å². The largest absolute Gasteiger partial charge is 2.00 e. The molecule has 0 aliphatic heterocycles. The van der Waals surface area contributed by atoms with Crippen molar-refractivity contribution >= 4 is 0 Å². The van der Waals surface area contributed by atoms with E-state index in [2.05, 4.69) is 0 Å². The predicted octanol–water partition coefficient (Wildman–Crippen LogP) is -13.2. The first-order valence-electron chi connectivity index (χ1n) is 38.9. The summed E-state index contributed by atoms with van der Waals surface area (Å²) in [6.45, 7) is 35.7. The number of nitrogens with zero attached hydrogens (tertiary/aromatic N) is 16. The number of hydrogen-bond acceptors (Lipinski definition) is 32. The van der Waals surface area contributed by atoms with Crippen LogP contribution < -0.4 is 81.7 Å². The topological polar surface area (TPSA) is 877 Å². The average molecular weight is 3360 g/mol. The van der Waals surface area contributed by atoms with Gasteiger partial charge in [-0.25, -0.2) is 0 Å². The summed E-state index contributed by atoms with van der Waals surface area (Å²) in [4.78, 5) is 30.7. The minimum atomic E-state index is -0.481. The standard InChI is InChI=1S/8C7H17N2O.8C3H7O.16O.8W/c8*1-8(2)5-7(10)6-9(3)4;8*1-3(2)4;;;;;;;;;;;;;;;;;;;;;;;;/h8*7H,5-6H2,1-4H3;8*3H,1-2H3;;;;;;;;;;;;;;;;;;;;;;;;/q16*-1;16*-2;;;;;;;;. The van der Waals surface area contributed by atoms with Crippen LogP contribution in [0.5, 0.6) is 0 Å². The van der Waals surface area contributed by atoms with Crippen molar-refractivity contribution in [2.75, 3.05) is 330 Å². The summed E-state index contributed by atoms with van der Waals surface area (Å²) in [5.74, 6) is 0. The zero-order valence-electron chi connectivity index (χ0n) is 92.0. The first-order valence-corrected chi connectivity index (χ1v) is 38.9. The van der Waals surface area contributed by atoms with E-state index >= 15 is 0 Å². The van der Waals surface area contributed by atoms with Gasteiger partial charge in [-0.1, -0.05) is 111 Å². The fourth-order valence-electron chi connectivity index (χ4n) is 6.98. The second-order valence-electron chi connectivity index (χ2n) is 33.6. The molecule has 0 fully saturated rings. The van der Waals surface area contributed by atoms with Crippen LogP contribution in [0.3, 0.4) is 0 Å². The molecule has 0 aliphatic carbocycles. The summed E-state index contributed by atoms with van der Waals surface area (Å²) in [6.07, 6.45) is -7.19. The summed E-state index contributed by atoms with van der Waals surface area (Å²) in [5.41, 5.74) is 0. The Kier molecular flexibility index (Phi) is 390.